The number of hydrogen-bond donors (Lipinski definition) is 3. The number of carbonyl (C=O) groups is 3. The van der Waals surface area contributed by atoms with Gasteiger partial charge in [0.25, 0.3) is 0 Å². The Morgan fingerprint density at radius 2 is 1.41 bits per heavy atom. The van der Waals surface area contributed by atoms with Crippen molar-refractivity contribution in [2.24, 2.45) is 17.8 Å². The molecule has 0 aliphatic heterocycles. The van der Waals surface area contributed by atoms with Crippen LogP contribution in [0.5, 0.6) is 0 Å². The van der Waals surface area contributed by atoms with Gasteiger partial charge in [0.15, 0.2) is 6.10 Å². The lowest BCUT2D eigenvalue weighted by Gasteiger charge is -2.17. The second-order valence-corrected chi connectivity index (χ2v) is 14.6. The largest absolute Gasteiger partial charge is 0.462 e. The molecule has 0 amide bonds. The number of aliphatic hydroxyl groups excluding tert-OH is 3. The van der Waals surface area contributed by atoms with E-state index in [9.17, 15) is 29.7 Å². The Kier molecular flexibility index (Phi) is 27.2. The average Bonchev–Trinajstić information content (AvgIpc) is 3.34. The van der Waals surface area contributed by atoms with Crippen molar-refractivity contribution < 1.29 is 39.2 Å². The molecule has 1 fully saturated rings. The fourth-order valence-corrected chi connectivity index (χ4v) is 6.43. The summed E-state index contributed by atoms with van der Waals surface area (Å²) < 4.78 is 10.5. The zero-order chi connectivity index (χ0) is 36.1. The summed E-state index contributed by atoms with van der Waals surface area (Å²) in [6.07, 6.45) is 27.4. The van der Waals surface area contributed by atoms with Crippen molar-refractivity contribution in [2.75, 3.05) is 13.2 Å². The highest BCUT2D eigenvalue weighted by atomic mass is 16.6. The molecule has 3 N–H and O–H groups in total. The number of rotatable bonds is 31. The van der Waals surface area contributed by atoms with Gasteiger partial charge in [-0.15, -0.1) is 0 Å². The molecule has 0 aromatic rings. The molecule has 1 saturated carbocycles. The Balaban J connectivity index is 2.12. The molecule has 0 unspecified atom stereocenters. The van der Waals surface area contributed by atoms with Crippen LogP contribution >= 0.6 is 0 Å². The zero-order valence-electron chi connectivity index (χ0n) is 31.3. The van der Waals surface area contributed by atoms with Crippen LogP contribution in [0.2, 0.25) is 0 Å². The van der Waals surface area contributed by atoms with E-state index in [1.807, 2.05) is 12.2 Å². The topological polar surface area (TPSA) is 130 Å². The Bertz CT molecular complexity index is 913. The quantitative estimate of drug-likeness (QED) is 0.0374. The normalized spacial score (nSPS) is 19.3. The summed E-state index contributed by atoms with van der Waals surface area (Å²) in [5.74, 6) is -0.583. The van der Waals surface area contributed by atoms with Crippen LogP contribution in [-0.2, 0) is 23.9 Å². The number of hydrogen-bond acceptors (Lipinski definition) is 8. The molecule has 49 heavy (non-hydrogen) atoms. The maximum Gasteiger partial charge on any atom is 0.306 e. The summed E-state index contributed by atoms with van der Waals surface area (Å²) in [6.45, 7) is 6.14. The summed E-state index contributed by atoms with van der Waals surface area (Å²) in [6, 6.07) is 0. The molecule has 5 atom stereocenters. The summed E-state index contributed by atoms with van der Waals surface area (Å²) in [5.41, 5.74) is 0. The first kappa shape index (κ1) is 45.0. The van der Waals surface area contributed by atoms with Crippen molar-refractivity contribution >= 4 is 17.7 Å². The second-order valence-electron chi connectivity index (χ2n) is 14.6. The van der Waals surface area contributed by atoms with E-state index in [0.29, 0.717) is 32.1 Å². The molecule has 0 radical (unpaired) electrons. The monoisotopic (exact) mass is 693 g/mol. The lowest BCUT2D eigenvalue weighted by Crippen LogP contribution is -2.28. The minimum absolute atomic E-state index is 0.000548. The lowest BCUT2D eigenvalue weighted by atomic mass is 9.90. The number of carbonyl (C=O) groups excluding carboxylic acids is 3. The third-order valence-corrected chi connectivity index (χ3v) is 9.55. The number of allylic oxidation sites excluding steroid dienone is 3. The Morgan fingerprint density at radius 3 is 2.02 bits per heavy atom. The molecule has 8 heteroatoms. The standard InChI is InChI=1S/C41H72O8/c1-4-5-18-24-34(43)28-29-37-36(38(44)30-39(37)45)25-20-16-17-22-27-41(47)49-35(31-42)32-48-40(46)26-21-15-13-11-9-7-6-8-10-12-14-19-23-33(2)3/h16,20,28-29,33-38,42-44H,4-15,17-19,21-27,30-32H2,1-3H3/b20-16-,29-28+/t34-,35-,36+,37+,38-/m0/s1. The van der Waals surface area contributed by atoms with Crippen LogP contribution in [0.3, 0.4) is 0 Å². The smallest absolute Gasteiger partial charge is 0.306 e. The van der Waals surface area contributed by atoms with Gasteiger partial charge in [-0.3, -0.25) is 14.4 Å². The fourth-order valence-electron chi connectivity index (χ4n) is 6.43. The van der Waals surface area contributed by atoms with E-state index >= 15 is 0 Å². The van der Waals surface area contributed by atoms with E-state index in [1.54, 1.807) is 12.2 Å². The SMILES string of the molecule is CCCCC[C@H](O)/C=C/[C@H]1C(=O)C[C@H](O)[C@@H]1C/C=C\CCCC(=O)O[C@@H](CO)COC(=O)CCCCCCCCCCCCCCC(C)C. The van der Waals surface area contributed by atoms with E-state index in [2.05, 4.69) is 20.8 Å². The predicted molar refractivity (Wildman–Crippen MR) is 197 cm³/mol. The summed E-state index contributed by atoms with van der Waals surface area (Å²) in [7, 11) is 0. The molecule has 1 aliphatic carbocycles. The molecular weight excluding hydrogens is 620 g/mol. The molecule has 1 aliphatic rings. The fraction of sp³-hybridized carbons (Fsp3) is 0.829. The van der Waals surface area contributed by atoms with Crippen LogP contribution in [0, 0.1) is 17.8 Å². The number of Topliss-reactive ketones (excluding diaryl/α,β-unsaturated/α-hetero) is 1. The van der Waals surface area contributed by atoms with Crippen LogP contribution in [0.1, 0.15) is 168 Å². The first-order chi connectivity index (χ1) is 23.7. The second kappa shape index (κ2) is 29.7. The van der Waals surface area contributed by atoms with Gasteiger partial charge in [-0.25, -0.2) is 0 Å². The maximum absolute atomic E-state index is 12.4. The average molecular weight is 693 g/mol. The molecule has 0 saturated heterocycles. The number of ketones is 1. The van der Waals surface area contributed by atoms with Crippen LogP contribution in [0.15, 0.2) is 24.3 Å². The van der Waals surface area contributed by atoms with Crippen LogP contribution in [0.25, 0.3) is 0 Å². The van der Waals surface area contributed by atoms with E-state index in [4.69, 9.17) is 9.47 Å². The highest BCUT2D eigenvalue weighted by Crippen LogP contribution is 2.33. The molecule has 0 aromatic heterocycles. The Morgan fingerprint density at radius 1 is 0.816 bits per heavy atom. The Hall–Kier alpha value is -2.03. The van der Waals surface area contributed by atoms with E-state index < -0.39 is 36.8 Å². The molecular formula is C41H72O8. The van der Waals surface area contributed by atoms with E-state index in [1.165, 1.54) is 64.2 Å². The molecule has 8 nitrogen and oxygen atoms in total. The molecule has 0 aromatic carbocycles. The first-order valence-corrected chi connectivity index (χ1v) is 19.9. The summed E-state index contributed by atoms with van der Waals surface area (Å²) in [5, 5.41) is 30.2. The van der Waals surface area contributed by atoms with Crippen molar-refractivity contribution in [2.45, 2.75) is 187 Å². The molecule has 284 valence electrons. The van der Waals surface area contributed by atoms with E-state index in [-0.39, 0.29) is 37.1 Å². The first-order valence-electron chi connectivity index (χ1n) is 19.9. The third-order valence-electron chi connectivity index (χ3n) is 9.55. The predicted octanol–water partition coefficient (Wildman–Crippen LogP) is 8.73. The third kappa shape index (κ3) is 23.9. The number of ether oxygens (including phenoxy) is 2. The van der Waals surface area contributed by atoms with Gasteiger partial charge in [0.2, 0.25) is 0 Å². The van der Waals surface area contributed by atoms with Crippen molar-refractivity contribution in [1.82, 2.24) is 0 Å². The minimum Gasteiger partial charge on any atom is -0.462 e. The minimum atomic E-state index is -0.872. The maximum atomic E-state index is 12.4. The molecule has 1 rings (SSSR count). The highest BCUT2D eigenvalue weighted by Gasteiger charge is 2.39. The zero-order valence-corrected chi connectivity index (χ0v) is 31.3. The van der Waals surface area contributed by atoms with Crippen LogP contribution < -0.4 is 0 Å². The molecule has 0 spiro atoms. The number of aliphatic hydroxyl groups is 3. The van der Waals surface area contributed by atoms with Gasteiger partial charge in [0.1, 0.15) is 12.4 Å². The summed E-state index contributed by atoms with van der Waals surface area (Å²) >= 11 is 0. The van der Waals surface area contributed by atoms with Gasteiger partial charge in [-0.2, -0.15) is 0 Å². The van der Waals surface area contributed by atoms with Gasteiger partial charge < -0.3 is 24.8 Å². The Labute approximate surface area is 298 Å². The van der Waals surface area contributed by atoms with Gasteiger partial charge in [0.05, 0.1) is 18.8 Å². The van der Waals surface area contributed by atoms with Crippen molar-refractivity contribution in [3.05, 3.63) is 24.3 Å². The van der Waals surface area contributed by atoms with Crippen molar-refractivity contribution in [1.29, 1.82) is 0 Å². The van der Waals surface area contributed by atoms with Gasteiger partial charge in [-0.05, 0) is 38.0 Å². The highest BCUT2D eigenvalue weighted by molar-refractivity contribution is 5.86. The van der Waals surface area contributed by atoms with Crippen molar-refractivity contribution in [3.63, 3.8) is 0 Å². The van der Waals surface area contributed by atoms with Crippen LogP contribution in [-0.4, -0.2) is 64.6 Å². The van der Waals surface area contributed by atoms with Crippen LogP contribution in [0.4, 0.5) is 0 Å². The molecule has 0 heterocycles. The van der Waals surface area contributed by atoms with Gasteiger partial charge >= 0.3 is 11.9 Å². The van der Waals surface area contributed by atoms with Crippen molar-refractivity contribution in [3.8, 4) is 0 Å². The van der Waals surface area contributed by atoms with E-state index in [0.717, 1.165) is 44.4 Å². The van der Waals surface area contributed by atoms with Gasteiger partial charge in [0, 0.05) is 31.1 Å². The molecule has 0 bridgehead atoms. The number of unbranched alkanes of at least 4 members (excludes halogenated alkanes) is 14. The number of esters is 2. The lowest BCUT2D eigenvalue weighted by molar-refractivity contribution is -0.161. The van der Waals surface area contributed by atoms with Gasteiger partial charge in [-0.1, -0.05) is 141 Å². The summed E-state index contributed by atoms with van der Waals surface area (Å²) in [4.78, 5) is 36.8.